The number of carbonyl (C=O) groups excluding carboxylic acids is 1. The molecule has 0 radical (unpaired) electrons. The van der Waals surface area contributed by atoms with Gasteiger partial charge in [0.15, 0.2) is 0 Å². The molecule has 1 aliphatic carbocycles. The molecule has 2 aliphatic heterocycles. The van der Waals surface area contributed by atoms with Gasteiger partial charge in [0.25, 0.3) is 0 Å². The maximum absolute atomic E-state index is 13.8. The Morgan fingerprint density at radius 2 is 1.61 bits per heavy atom. The molecule has 0 aromatic heterocycles. The molecule has 4 nitrogen and oxygen atoms in total. The molecule has 1 amide bonds. The fraction of sp³-hybridized carbons (Fsp3) is 0.519. The van der Waals surface area contributed by atoms with Crippen LogP contribution in [0.2, 0.25) is 0 Å². The van der Waals surface area contributed by atoms with Crippen molar-refractivity contribution in [2.45, 2.75) is 69.2 Å². The Morgan fingerprint density at radius 3 is 2.39 bits per heavy atom. The first kappa shape index (κ1) is 20.7. The van der Waals surface area contributed by atoms with Gasteiger partial charge in [-0.2, -0.15) is 0 Å². The molecule has 31 heavy (non-hydrogen) atoms. The average molecular weight is 419 g/mol. The summed E-state index contributed by atoms with van der Waals surface area (Å²) in [5, 5.41) is 11.8. The van der Waals surface area contributed by atoms with Crippen molar-refractivity contribution in [1.29, 1.82) is 0 Å². The molecule has 1 unspecified atom stereocenters. The smallest absolute Gasteiger partial charge is 0.240 e. The van der Waals surface area contributed by atoms with Crippen LogP contribution >= 0.6 is 0 Å². The van der Waals surface area contributed by atoms with E-state index in [4.69, 9.17) is 0 Å². The van der Waals surface area contributed by atoms with E-state index in [1.807, 2.05) is 24.3 Å². The molecule has 3 aliphatic rings. The summed E-state index contributed by atoms with van der Waals surface area (Å²) in [4.78, 5) is 18.3. The highest BCUT2D eigenvalue weighted by atomic mass is 16.3. The maximum Gasteiger partial charge on any atom is 0.240 e. The van der Waals surface area contributed by atoms with Gasteiger partial charge in [0, 0.05) is 25.0 Å². The van der Waals surface area contributed by atoms with E-state index in [1.165, 1.54) is 5.56 Å². The number of fused-ring (bicyclic) bond motifs is 1. The lowest BCUT2D eigenvalue weighted by Gasteiger charge is -2.53. The summed E-state index contributed by atoms with van der Waals surface area (Å²) in [5.41, 5.74) is 1.48. The SMILES string of the molecule is O=C([C@@H]1CCCN1Cc1ccccc1)N1CC[C@@](O)(c2ccccc2)[C@@H]2CCCCC21. The predicted molar refractivity (Wildman–Crippen MR) is 122 cm³/mol. The van der Waals surface area contributed by atoms with Crippen LogP contribution in [0.1, 0.15) is 56.1 Å². The summed E-state index contributed by atoms with van der Waals surface area (Å²) >= 11 is 0. The zero-order chi connectivity index (χ0) is 21.3. The van der Waals surface area contributed by atoms with E-state index in [0.29, 0.717) is 18.9 Å². The third kappa shape index (κ3) is 3.92. The molecule has 3 fully saturated rings. The highest BCUT2D eigenvalue weighted by Crippen LogP contribution is 2.47. The first-order valence-electron chi connectivity index (χ1n) is 12.0. The van der Waals surface area contributed by atoms with Gasteiger partial charge in [-0.3, -0.25) is 9.69 Å². The molecule has 0 bridgehead atoms. The topological polar surface area (TPSA) is 43.8 Å². The van der Waals surface area contributed by atoms with Crippen molar-refractivity contribution in [3.8, 4) is 0 Å². The Kier molecular flexibility index (Phi) is 5.85. The van der Waals surface area contributed by atoms with Gasteiger partial charge in [0.2, 0.25) is 5.91 Å². The second-order valence-corrected chi connectivity index (χ2v) is 9.64. The number of piperidine rings is 1. The Labute approximate surface area is 185 Å². The van der Waals surface area contributed by atoms with Gasteiger partial charge in [-0.15, -0.1) is 0 Å². The van der Waals surface area contributed by atoms with E-state index < -0.39 is 5.60 Å². The van der Waals surface area contributed by atoms with Gasteiger partial charge in [0.1, 0.15) is 0 Å². The quantitative estimate of drug-likeness (QED) is 0.804. The van der Waals surface area contributed by atoms with Crippen LogP contribution in [0.3, 0.4) is 0 Å². The maximum atomic E-state index is 13.8. The molecule has 4 atom stereocenters. The van der Waals surface area contributed by atoms with Crippen LogP contribution in [-0.4, -0.2) is 46.0 Å². The molecule has 1 N–H and O–H groups in total. The van der Waals surface area contributed by atoms with Gasteiger partial charge in [-0.05, 0) is 49.8 Å². The van der Waals surface area contributed by atoms with Crippen LogP contribution in [-0.2, 0) is 16.9 Å². The molecule has 2 heterocycles. The largest absolute Gasteiger partial charge is 0.385 e. The molecule has 4 heteroatoms. The molecular formula is C27H34N2O2. The van der Waals surface area contributed by atoms with E-state index >= 15 is 0 Å². The number of carbonyl (C=O) groups is 1. The van der Waals surface area contributed by atoms with Crippen LogP contribution in [0.4, 0.5) is 0 Å². The average Bonchev–Trinajstić information content (AvgIpc) is 3.28. The Balaban J connectivity index is 1.36. The first-order chi connectivity index (χ1) is 15.2. The summed E-state index contributed by atoms with van der Waals surface area (Å²) in [6, 6.07) is 20.8. The van der Waals surface area contributed by atoms with Crippen molar-refractivity contribution in [2.24, 2.45) is 5.92 Å². The number of aliphatic hydroxyl groups is 1. The summed E-state index contributed by atoms with van der Waals surface area (Å²) in [5.74, 6) is 0.422. The molecule has 164 valence electrons. The van der Waals surface area contributed by atoms with E-state index in [2.05, 4.69) is 46.2 Å². The number of benzene rings is 2. The minimum absolute atomic E-state index is 0.0225. The normalized spacial score (nSPS) is 31.4. The number of nitrogens with zero attached hydrogens (tertiary/aromatic N) is 2. The highest BCUT2D eigenvalue weighted by Gasteiger charge is 2.51. The number of amides is 1. The summed E-state index contributed by atoms with van der Waals surface area (Å²) < 4.78 is 0. The minimum atomic E-state index is -0.817. The Hall–Kier alpha value is -2.17. The van der Waals surface area contributed by atoms with Crippen molar-refractivity contribution in [3.63, 3.8) is 0 Å². The molecule has 0 spiro atoms. The first-order valence-corrected chi connectivity index (χ1v) is 12.0. The molecule has 2 aromatic carbocycles. The van der Waals surface area contributed by atoms with Gasteiger partial charge >= 0.3 is 0 Å². The zero-order valence-corrected chi connectivity index (χ0v) is 18.3. The summed E-state index contributed by atoms with van der Waals surface area (Å²) in [6.45, 7) is 2.48. The van der Waals surface area contributed by atoms with Crippen molar-refractivity contribution in [1.82, 2.24) is 9.80 Å². The summed E-state index contributed by atoms with van der Waals surface area (Å²) in [6.07, 6.45) is 6.96. The monoisotopic (exact) mass is 418 g/mol. The van der Waals surface area contributed by atoms with Crippen molar-refractivity contribution < 1.29 is 9.90 Å². The van der Waals surface area contributed by atoms with Crippen LogP contribution in [0.15, 0.2) is 60.7 Å². The number of hydrogen-bond acceptors (Lipinski definition) is 3. The van der Waals surface area contributed by atoms with Gasteiger partial charge < -0.3 is 10.0 Å². The van der Waals surface area contributed by atoms with Crippen LogP contribution in [0.5, 0.6) is 0 Å². The van der Waals surface area contributed by atoms with E-state index in [1.54, 1.807) is 0 Å². The van der Waals surface area contributed by atoms with Crippen molar-refractivity contribution >= 4 is 5.91 Å². The van der Waals surface area contributed by atoms with E-state index in [-0.39, 0.29) is 18.0 Å². The van der Waals surface area contributed by atoms with Crippen LogP contribution in [0, 0.1) is 5.92 Å². The standard InChI is InChI=1S/C27H34N2O2/c30-26(25-16-9-18-28(25)20-21-10-3-1-4-11-21)29-19-17-27(31,22-12-5-2-6-13-22)23-14-7-8-15-24(23)29/h1-6,10-13,23-25,31H,7-9,14-20H2/t23-,24?,25+,27-/m1/s1. The summed E-state index contributed by atoms with van der Waals surface area (Å²) in [7, 11) is 0. The van der Waals surface area contributed by atoms with Crippen molar-refractivity contribution in [3.05, 3.63) is 71.8 Å². The van der Waals surface area contributed by atoms with E-state index in [0.717, 1.165) is 57.2 Å². The fourth-order valence-electron chi connectivity index (χ4n) is 6.35. The number of hydrogen-bond donors (Lipinski definition) is 1. The van der Waals surface area contributed by atoms with Gasteiger partial charge in [0.05, 0.1) is 11.6 Å². The van der Waals surface area contributed by atoms with E-state index in [9.17, 15) is 9.90 Å². The minimum Gasteiger partial charge on any atom is -0.385 e. The molecule has 2 saturated heterocycles. The molecule has 2 aromatic rings. The lowest BCUT2D eigenvalue weighted by Crippen LogP contribution is -2.61. The van der Waals surface area contributed by atoms with Crippen molar-refractivity contribution in [2.75, 3.05) is 13.1 Å². The van der Waals surface area contributed by atoms with Gasteiger partial charge in [-0.1, -0.05) is 73.5 Å². The lowest BCUT2D eigenvalue weighted by molar-refractivity contribution is -0.159. The number of likely N-dealkylation sites (tertiary alicyclic amines) is 2. The lowest BCUT2D eigenvalue weighted by atomic mass is 9.66. The second-order valence-electron chi connectivity index (χ2n) is 9.64. The van der Waals surface area contributed by atoms with Crippen LogP contribution in [0.25, 0.3) is 0 Å². The molecular weight excluding hydrogens is 384 g/mol. The number of rotatable bonds is 4. The van der Waals surface area contributed by atoms with Gasteiger partial charge in [-0.25, -0.2) is 0 Å². The third-order valence-corrected chi connectivity index (χ3v) is 7.91. The second kappa shape index (κ2) is 8.76. The predicted octanol–water partition coefficient (Wildman–Crippen LogP) is 4.33. The Bertz CT molecular complexity index is 887. The third-order valence-electron chi connectivity index (χ3n) is 7.91. The zero-order valence-electron chi connectivity index (χ0n) is 18.3. The Morgan fingerprint density at radius 1 is 0.903 bits per heavy atom. The van der Waals surface area contributed by atoms with Crippen LogP contribution < -0.4 is 0 Å². The fourth-order valence-corrected chi connectivity index (χ4v) is 6.35. The highest BCUT2D eigenvalue weighted by molar-refractivity contribution is 5.82. The molecule has 5 rings (SSSR count). The molecule has 1 saturated carbocycles.